The van der Waals surface area contributed by atoms with E-state index in [1.165, 1.54) is 4.90 Å². The highest BCUT2D eigenvalue weighted by Crippen LogP contribution is 2.34. The number of hydrogen-bond donors (Lipinski definition) is 3. The van der Waals surface area contributed by atoms with Gasteiger partial charge in [-0.2, -0.15) is 0 Å². The van der Waals surface area contributed by atoms with Crippen LogP contribution in [0.25, 0.3) is 0 Å². The van der Waals surface area contributed by atoms with Crippen LogP contribution >= 0.6 is 0 Å². The number of amides is 3. The van der Waals surface area contributed by atoms with Crippen LogP contribution in [0.1, 0.15) is 33.2 Å². The normalized spacial score (nSPS) is 15.7. The third kappa shape index (κ3) is 3.68. The minimum Gasteiger partial charge on any atom is -0.351 e. The van der Waals surface area contributed by atoms with E-state index in [1.54, 1.807) is 37.3 Å². The van der Waals surface area contributed by atoms with Crippen molar-refractivity contribution in [2.75, 3.05) is 23.3 Å². The average molecular weight is 366 g/mol. The van der Waals surface area contributed by atoms with E-state index in [4.69, 9.17) is 5.73 Å². The van der Waals surface area contributed by atoms with Crippen molar-refractivity contribution in [1.29, 1.82) is 0 Å². The van der Waals surface area contributed by atoms with Crippen molar-refractivity contribution < 1.29 is 14.4 Å². The van der Waals surface area contributed by atoms with Gasteiger partial charge in [-0.25, -0.2) is 0 Å². The number of hydrogen-bond acceptors (Lipinski definition) is 4. The zero-order chi connectivity index (χ0) is 19.6. The molecule has 7 nitrogen and oxygen atoms in total. The van der Waals surface area contributed by atoms with Crippen LogP contribution in [0.2, 0.25) is 0 Å². The summed E-state index contributed by atoms with van der Waals surface area (Å²) in [4.78, 5) is 39.1. The molecule has 0 bridgehead atoms. The molecule has 4 N–H and O–H groups in total. The fraction of sp³-hybridized carbons (Fsp3) is 0.250. The first-order valence-electron chi connectivity index (χ1n) is 8.76. The van der Waals surface area contributed by atoms with E-state index >= 15 is 0 Å². The van der Waals surface area contributed by atoms with Crippen LogP contribution in [-0.2, 0) is 4.79 Å². The Morgan fingerprint density at radius 2 is 1.96 bits per heavy atom. The molecule has 1 aliphatic rings. The lowest BCUT2D eigenvalue weighted by Gasteiger charge is -2.34. The molecule has 0 aliphatic carbocycles. The Morgan fingerprint density at radius 3 is 2.67 bits per heavy atom. The van der Waals surface area contributed by atoms with Crippen molar-refractivity contribution in [3.63, 3.8) is 0 Å². The third-order valence-electron chi connectivity index (χ3n) is 4.46. The number of carbonyl (C=O) groups excluding carboxylic acids is 3. The number of carbonyl (C=O) groups is 3. The van der Waals surface area contributed by atoms with Crippen LogP contribution in [-0.4, -0.2) is 36.9 Å². The maximum absolute atomic E-state index is 13.1. The Kier molecular flexibility index (Phi) is 5.23. The largest absolute Gasteiger partial charge is 0.351 e. The fourth-order valence-electron chi connectivity index (χ4n) is 3.04. The van der Waals surface area contributed by atoms with Crippen LogP contribution in [0.5, 0.6) is 0 Å². The van der Waals surface area contributed by atoms with Gasteiger partial charge in [-0.1, -0.05) is 17.7 Å². The Balaban J connectivity index is 1.98. The lowest BCUT2D eigenvalue weighted by atomic mass is 10.0. The van der Waals surface area contributed by atoms with E-state index in [2.05, 4.69) is 10.6 Å². The zero-order valence-corrected chi connectivity index (χ0v) is 15.3. The predicted octanol–water partition coefficient (Wildman–Crippen LogP) is 1.67. The number of anilines is 2. The van der Waals surface area contributed by atoms with Crippen molar-refractivity contribution in [1.82, 2.24) is 5.32 Å². The van der Waals surface area contributed by atoms with Crippen LogP contribution in [0.15, 0.2) is 42.5 Å². The number of benzene rings is 2. The molecular formula is C20H22N4O3. The number of rotatable bonds is 4. The van der Waals surface area contributed by atoms with Gasteiger partial charge in [0.2, 0.25) is 5.91 Å². The Bertz CT molecular complexity index is 910. The fourth-order valence-corrected chi connectivity index (χ4v) is 3.04. The highest BCUT2D eigenvalue weighted by Gasteiger charge is 2.34. The molecule has 1 aliphatic heterocycles. The molecule has 2 aromatic rings. The van der Waals surface area contributed by atoms with E-state index in [9.17, 15) is 14.4 Å². The number of nitrogens with two attached hydrogens (primary N) is 1. The molecule has 27 heavy (non-hydrogen) atoms. The zero-order valence-electron chi connectivity index (χ0n) is 15.3. The monoisotopic (exact) mass is 366 g/mol. The second-order valence-corrected chi connectivity index (χ2v) is 6.49. The molecule has 3 rings (SSSR count). The van der Waals surface area contributed by atoms with E-state index in [0.717, 1.165) is 5.56 Å². The summed E-state index contributed by atoms with van der Waals surface area (Å²) >= 11 is 0. The standard InChI is InChI=1S/C20H22N4O3/c1-12-4-3-5-15(10-12)20(27)24-13(2)18(25)23-16-11-14(6-7-17(16)24)19(26)22-9-8-21/h3-7,10-11,13H,8-9,21H2,1-2H3,(H,22,26)(H,23,25). The molecule has 0 saturated heterocycles. The second kappa shape index (κ2) is 7.59. The van der Waals surface area contributed by atoms with Gasteiger partial charge in [0, 0.05) is 24.2 Å². The van der Waals surface area contributed by atoms with E-state index in [1.807, 2.05) is 19.1 Å². The van der Waals surface area contributed by atoms with Crippen LogP contribution in [0, 0.1) is 6.92 Å². The first kappa shape index (κ1) is 18.6. The smallest absolute Gasteiger partial charge is 0.259 e. The summed E-state index contributed by atoms with van der Waals surface area (Å²) in [6, 6.07) is 11.4. The summed E-state index contributed by atoms with van der Waals surface area (Å²) in [5, 5.41) is 5.46. The van der Waals surface area contributed by atoms with Gasteiger partial charge in [-0.15, -0.1) is 0 Å². The number of aryl methyl sites for hydroxylation is 1. The minimum absolute atomic E-state index is 0.261. The molecule has 0 radical (unpaired) electrons. The van der Waals surface area contributed by atoms with E-state index in [-0.39, 0.29) is 17.7 Å². The second-order valence-electron chi connectivity index (χ2n) is 6.49. The molecule has 140 valence electrons. The average Bonchev–Trinajstić information content (AvgIpc) is 2.66. The molecule has 1 heterocycles. The SMILES string of the molecule is Cc1cccc(C(=O)N2c3ccc(C(=O)NCCN)cc3NC(=O)C2C)c1. The minimum atomic E-state index is -0.664. The summed E-state index contributed by atoms with van der Waals surface area (Å²) in [6.07, 6.45) is 0. The van der Waals surface area contributed by atoms with E-state index in [0.29, 0.717) is 35.6 Å². The first-order chi connectivity index (χ1) is 12.9. The summed E-state index contributed by atoms with van der Waals surface area (Å²) in [5.74, 6) is -0.849. The van der Waals surface area contributed by atoms with Crippen molar-refractivity contribution >= 4 is 29.1 Å². The van der Waals surface area contributed by atoms with Gasteiger partial charge < -0.3 is 16.4 Å². The van der Waals surface area contributed by atoms with Gasteiger partial charge in [-0.3, -0.25) is 19.3 Å². The van der Waals surface area contributed by atoms with Crippen molar-refractivity contribution in [3.8, 4) is 0 Å². The van der Waals surface area contributed by atoms with Gasteiger partial charge in [-0.05, 0) is 44.2 Å². The lowest BCUT2D eigenvalue weighted by molar-refractivity contribution is -0.117. The summed E-state index contributed by atoms with van der Waals surface area (Å²) in [7, 11) is 0. The maximum Gasteiger partial charge on any atom is 0.259 e. The molecule has 0 aromatic heterocycles. The molecule has 0 saturated carbocycles. The molecule has 0 spiro atoms. The highest BCUT2D eigenvalue weighted by molar-refractivity contribution is 6.17. The van der Waals surface area contributed by atoms with Crippen LogP contribution in [0.4, 0.5) is 11.4 Å². The molecule has 1 unspecified atom stereocenters. The summed E-state index contributed by atoms with van der Waals surface area (Å²) in [6.45, 7) is 4.28. The van der Waals surface area contributed by atoms with Gasteiger partial charge >= 0.3 is 0 Å². The Morgan fingerprint density at radius 1 is 1.19 bits per heavy atom. The predicted molar refractivity (Wildman–Crippen MR) is 104 cm³/mol. The number of nitrogens with zero attached hydrogens (tertiary/aromatic N) is 1. The summed E-state index contributed by atoms with van der Waals surface area (Å²) in [5.41, 5.74) is 8.25. The Labute approximate surface area is 157 Å². The van der Waals surface area contributed by atoms with Crippen molar-refractivity contribution in [2.24, 2.45) is 5.73 Å². The van der Waals surface area contributed by atoms with Crippen LogP contribution < -0.4 is 21.3 Å². The van der Waals surface area contributed by atoms with Crippen LogP contribution in [0.3, 0.4) is 0 Å². The quantitative estimate of drug-likeness (QED) is 0.765. The number of nitrogens with one attached hydrogen (secondary N) is 2. The molecular weight excluding hydrogens is 344 g/mol. The van der Waals surface area contributed by atoms with Gasteiger partial charge in [0.05, 0.1) is 11.4 Å². The van der Waals surface area contributed by atoms with Crippen molar-refractivity contribution in [2.45, 2.75) is 19.9 Å². The maximum atomic E-state index is 13.1. The highest BCUT2D eigenvalue weighted by atomic mass is 16.2. The van der Waals surface area contributed by atoms with Crippen molar-refractivity contribution in [3.05, 3.63) is 59.2 Å². The van der Waals surface area contributed by atoms with E-state index < -0.39 is 6.04 Å². The molecule has 3 amide bonds. The Hall–Kier alpha value is -3.19. The molecule has 1 atom stereocenters. The molecule has 0 fully saturated rings. The first-order valence-corrected chi connectivity index (χ1v) is 8.76. The summed E-state index contributed by atoms with van der Waals surface area (Å²) < 4.78 is 0. The molecule has 2 aromatic carbocycles. The van der Waals surface area contributed by atoms with Gasteiger partial charge in [0.1, 0.15) is 6.04 Å². The molecule has 7 heteroatoms. The number of fused-ring (bicyclic) bond motifs is 1. The third-order valence-corrected chi connectivity index (χ3v) is 4.46. The lowest BCUT2D eigenvalue weighted by Crippen LogP contribution is -2.49. The van der Waals surface area contributed by atoms with Gasteiger partial charge in [0.25, 0.3) is 11.8 Å². The van der Waals surface area contributed by atoms with Gasteiger partial charge in [0.15, 0.2) is 0 Å². The topological polar surface area (TPSA) is 105 Å².